The van der Waals surface area contributed by atoms with Gasteiger partial charge in [-0.3, -0.25) is 4.79 Å². The summed E-state index contributed by atoms with van der Waals surface area (Å²) in [5.41, 5.74) is 6.49. The number of thiophene rings is 1. The Bertz CT molecular complexity index is 615. The van der Waals surface area contributed by atoms with E-state index >= 15 is 0 Å². The molecule has 0 saturated carbocycles. The van der Waals surface area contributed by atoms with E-state index in [9.17, 15) is 9.90 Å². The molecule has 2 aromatic heterocycles. The van der Waals surface area contributed by atoms with Gasteiger partial charge >= 0.3 is 0 Å². The van der Waals surface area contributed by atoms with Crippen LogP contribution in [-0.2, 0) is 6.42 Å². The number of aryl methyl sites for hydroxylation is 2. The summed E-state index contributed by atoms with van der Waals surface area (Å²) >= 11 is 1.13. The monoisotopic (exact) mass is 280 g/mol. The Labute approximate surface area is 115 Å². The van der Waals surface area contributed by atoms with Crippen molar-refractivity contribution in [1.29, 1.82) is 0 Å². The number of amides is 1. The van der Waals surface area contributed by atoms with Gasteiger partial charge < -0.3 is 20.2 Å². The largest absolute Gasteiger partial charge is 0.504 e. The number of nitrogens with zero attached hydrogens (tertiary/aromatic N) is 1. The lowest BCUT2D eigenvalue weighted by molar-refractivity contribution is 0.0994. The van der Waals surface area contributed by atoms with Crippen LogP contribution < -0.4 is 10.6 Å². The molecule has 0 fully saturated rings. The van der Waals surface area contributed by atoms with Gasteiger partial charge in [0.2, 0.25) is 0 Å². The quantitative estimate of drug-likeness (QED) is 0.906. The smallest absolute Gasteiger partial charge is 0.272 e. The van der Waals surface area contributed by atoms with Crippen molar-refractivity contribution in [2.24, 2.45) is 0 Å². The lowest BCUT2D eigenvalue weighted by Gasteiger charge is -2.15. The van der Waals surface area contributed by atoms with E-state index in [1.165, 1.54) is 4.90 Å². The highest BCUT2D eigenvalue weighted by Gasteiger charge is 2.23. The van der Waals surface area contributed by atoms with Crippen LogP contribution >= 0.6 is 11.3 Å². The van der Waals surface area contributed by atoms with Crippen molar-refractivity contribution in [3.8, 4) is 5.75 Å². The zero-order valence-corrected chi connectivity index (χ0v) is 11.9. The van der Waals surface area contributed by atoms with Crippen LogP contribution in [-0.4, -0.2) is 18.1 Å². The summed E-state index contributed by atoms with van der Waals surface area (Å²) in [7, 11) is 1.65. The molecule has 3 N–H and O–H groups in total. The SMILES string of the molecule is CCc1oc(C)cc1N(C)C(=O)c1scc(N)c1O. The number of carbonyl (C=O) groups excluding carboxylic acids is 1. The lowest BCUT2D eigenvalue weighted by Crippen LogP contribution is -2.25. The van der Waals surface area contributed by atoms with E-state index in [0.717, 1.165) is 28.5 Å². The third-order valence-electron chi connectivity index (χ3n) is 2.88. The van der Waals surface area contributed by atoms with Crippen LogP contribution in [0.5, 0.6) is 5.75 Å². The van der Waals surface area contributed by atoms with Gasteiger partial charge in [-0.05, 0) is 6.92 Å². The molecule has 0 atom stereocenters. The second kappa shape index (κ2) is 4.97. The summed E-state index contributed by atoms with van der Waals surface area (Å²) in [4.78, 5) is 14.0. The van der Waals surface area contributed by atoms with Gasteiger partial charge in [0.1, 0.15) is 16.4 Å². The van der Waals surface area contributed by atoms with Gasteiger partial charge in [0.05, 0.1) is 11.4 Å². The highest BCUT2D eigenvalue weighted by Crippen LogP contribution is 2.34. The Hall–Kier alpha value is -1.95. The van der Waals surface area contributed by atoms with Gasteiger partial charge in [-0.2, -0.15) is 0 Å². The maximum atomic E-state index is 12.3. The maximum absolute atomic E-state index is 12.3. The Morgan fingerprint density at radius 3 is 2.79 bits per heavy atom. The number of rotatable bonds is 3. The van der Waals surface area contributed by atoms with Crippen LogP contribution in [0.3, 0.4) is 0 Å². The summed E-state index contributed by atoms with van der Waals surface area (Å²) in [5.74, 6) is 1.05. The molecule has 6 heteroatoms. The molecule has 0 saturated heterocycles. The van der Waals surface area contributed by atoms with Gasteiger partial charge in [0, 0.05) is 24.9 Å². The highest BCUT2D eigenvalue weighted by molar-refractivity contribution is 7.13. The van der Waals surface area contributed by atoms with E-state index in [0.29, 0.717) is 6.42 Å². The first kappa shape index (κ1) is 13.5. The van der Waals surface area contributed by atoms with Crippen molar-refractivity contribution in [3.05, 3.63) is 27.8 Å². The number of nitrogen functional groups attached to an aromatic ring is 1. The topological polar surface area (TPSA) is 79.7 Å². The maximum Gasteiger partial charge on any atom is 0.272 e. The predicted octanol–water partition coefficient (Wildman–Crippen LogP) is 2.78. The molecule has 0 aliphatic heterocycles. The summed E-state index contributed by atoms with van der Waals surface area (Å²) in [5, 5.41) is 11.3. The van der Waals surface area contributed by atoms with Crippen molar-refractivity contribution in [2.75, 3.05) is 17.7 Å². The molecule has 2 aromatic rings. The molecule has 2 heterocycles. The van der Waals surface area contributed by atoms with Crippen molar-refractivity contribution in [1.82, 2.24) is 0 Å². The molecule has 0 unspecified atom stereocenters. The summed E-state index contributed by atoms with van der Waals surface area (Å²) in [6.07, 6.45) is 0.694. The Balaban J connectivity index is 2.36. The molecule has 19 heavy (non-hydrogen) atoms. The van der Waals surface area contributed by atoms with E-state index in [2.05, 4.69) is 0 Å². The number of nitrogens with two attached hydrogens (primary N) is 1. The lowest BCUT2D eigenvalue weighted by atomic mass is 10.2. The third kappa shape index (κ3) is 2.31. The molecule has 1 amide bonds. The van der Waals surface area contributed by atoms with E-state index in [-0.39, 0.29) is 22.2 Å². The minimum atomic E-state index is -0.297. The summed E-state index contributed by atoms with van der Waals surface area (Å²) < 4.78 is 5.53. The van der Waals surface area contributed by atoms with Gasteiger partial charge in [-0.25, -0.2) is 0 Å². The fourth-order valence-electron chi connectivity index (χ4n) is 1.86. The second-order valence-corrected chi connectivity index (χ2v) is 5.13. The first-order valence-corrected chi connectivity index (χ1v) is 6.77. The van der Waals surface area contributed by atoms with Crippen LogP contribution in [0, 0.1) is 6.92 Å². The average molecular weight is 280 g/mol. The van der Waals surface area contributed by atoms with Crippen LogP contribution in [0.15, 0.2) is 15.9 Å². The van der Waals surface area contributed by atoms with E-state index in [4.69, 9.17) is 10.2 Å². The third-order valence-corrected chi connectivity index (χ3v) is 3.86. The zero-order valence-electron chi connectivity index (χ0n) is 11.1. The number of anilines is 2. The summed E-state index contributed by atoms with van der Waals surface area (Å²) in [6.45, 7) is 3.79. The number of aromatic hydroxyl groups is 1. The first-order valence-electron chi connectivity index (χ1n) is 5.89. The molecule has 0 aromatic carbocycles. The zero-order chi connectivity index (χ0) is 14.2. The Morgan fingerprint density at radius 1 is 1.58 bits per heavy atom. The molecule has 102 valence electrons. The van der Waals surface area contributed by atoms with E-state index < -0.39 is 0 Å². The molecule has 0 aliphatic rings. The van der Waals surface area contributed by atoms with E-state index in [1.54, 1.807) is 12.4 Å². The van der Waals surface area contributed by atoms with Crippen molar-refractivity contribution >= 4 is 28.6 Å². The first-order chi connectivity index (χ1) is 8.95. The minimum Gasteiger partial charge on any atom is -0.504 e. The number of hydrogen-bond donors (Lipinski definition) is 2. The fraction of sp³-hybridized carbons (Fsp3) is 0.308. The molecule has 0 radical (unpaired) electrons. The Kier molecular flexibility index (Phi) is 3.53. The molecule has 5 nitrogen and oxygen atoms in total. The molecule has 0 bridgehead atoms. The van der Waals surface area contributed by atoms with E-state index in [1.807, 2.05) is 19.9 Å². The Morgan fingerprint density at radius 2 is 2.26 bits per heavy atom. The molecular weight excluding hydrogens is 264 g/mol. The second-order valence-electron chi connectivity index (χ2n) is 4.25. The van der Waals surface area contributed by atoms with Gasteiger partial charge in [-0.15, -0.1) is 11.3 Å². The highest BCUT2D eigenvalue weighted by atomic mass is 32.1. The van der Waals surface area contributed by atoms with Gasteiger partial charge in [0.15, 0.2) is 5.75 Å². The number of furan rings is 1. The number of hydrogen-bond acceptors (Lipinski definition) is 5. The molecule has 0 spiro atoms. The normalized spacial score (nSPS) is 10.7. The predicted molar refractivity (Wildman–Crippen MR) is 76.0 cm³/mol. The average Bonchev–Trinajstić information content (AvgIpc) is 2.92. The van der Waals surface area contributed by atoms with Crippen molar-refractivity contribution < 1.29 is 14.3 Å². The van der Waals surface area contributed by atoms with Crippen molar-refractivity contribution in [3.63, 3.8) is 0 Å². The number of carbonyl (C=O) groups is 1. The fourth-order valence-corrected chi connectivity index (χ4v) is 2.69. The van der Waals surface area contributed by atoms with Gasteiger partial charge in [0.25, 0.3) is 5.91 Å². The molecular formula is C13H16N2O3S. The van der Waals surface area contributed by atoms with Crippen LogP contribution in [0.1, 0.15) is 28.1 Å². The van der Waals surface area contributed by atoms with Crippen LogP contribution in [0.4, 0.5) is 11.4 Å². The minimum absolute atomic E-state index is 0.153. The van der Waals surface area contributed by atoms with Crippen LogP contribution in [0.2, 0.25) is 0 Å². The molecule has 2 rings (SSSR count). The summed E-state index contributed by atoms with van der Waals surface area (Å²) in [6, 6.07) is 1.81. The van der Waals surface area contributed by atoms with Gasteiger partial charge in [-0.1, -0.05) is 6.92 Å². The molecule has 0 aliphatic carbocycles. The van der Waals surface area contributed by atoms with Crippen molar-refractivity contribution in [2.45, 2.75) is 20.3 Å². The van der Waals surface area contributed by atoms with Crippen LogP contribution in [0.25, 0.3) is 0 Å². The standard InChI is InChI=1S/C13H16N2O3S/c1-4-10-9(5-7(2)18-10)15(3)13(17)12-11(16)8(14)6-19-12/h5-6,16H,4,14H2,1-3H3.